The highest BCUT2D eigenvalue weighted by molar-refractivity contribution is 7.15. The quantitative estimate of drug-likeness (QED) is 0.886. The summed E-state index contributed by atoms with van der Waals surface area (Å²) >= 11 is 1.62. The predicted octanol–water partition coefficient (Wildman–Crippen LogP) is 2.46. The molecule has 2 aromatic heterocycles. The summed E-state index contributed by atoms with van der Waals surface area (Å²) < 4.78 is 7.53. The summed E-state index contributed by atoms with van der Waals surface area (Å²) in [5, 5.41) is 2.07. The van der Waals surface area contributed by atoms with E-state index in [1.165, 1.54) is 0 Å². The van der Waals surface area contributed by atoms with E-state index in [0.29, 0.717) is 25.2 Å². The Bertz CT molecular complexity index is 796. The van der Waals surface area contributed by atoms with Crippen LogP contribution in [0.1, 0.15) is 32.2 Å². The summed E-state index contributed by atoms with van der Waals surface area (Å²) in [4.78, 5) is 21.9. The van der Waals surface area contributed by atoms with Crippen molar-refractivity contribution in [2.24, 2.45) is 5.73 Å². The van der Waals surface area contributed by atoms with Crippen molar-refractivity contribution < 1.29 is 9.53 Å². The van der Waals surface area contributed by atoms with Crippen molar-refractivity contribution in [2.75, 3.05) is 26.2 Å². The van der Waals surface area contributed by atoms with Gasteiger partial charge >= 0.3 is 6.09 Å². The molecule has 0 radical (unpaired) electrons. The van der Waals surface area contributed by atoms with Crippen molar-refractivity contribution in [1.82, 2.24) is 19.2 Å². The molecule has 1 aliphatic rings. The van der Waals surface area contributed by atoms with Gasteiger partial charge in [0.15, 0.2) is 4.96 Å². The summed E-state index contributed by atoms with van der Waals surface area (Å²) in [5.74, 6) is 0. The minimum absolute atomic E-state index is 0.230. The van der Waals surface area contributed by atoms with Crippen LogP contribution >= 0.6 is 11.3 Å². The van der Waals surface area contributed by atoms with E-state index < -0.39 is 5.60 Å². The van der Waals surface area contributed by atoms with Crippen LogP contribution in [0.5, 0.6) is 0 Å². The zero-order valence-electron chi connectivity index (χ0n) is 15.7. The number of imidazole rings is 1. The van der Waals surface area contributed by atoms with Gasteiger partial charge in [-0.3, -0.25) is 9.30 Å². The van der Waals surface area contributed by atoms with Crippen molar-refractivity contribution in [2.45, 2.75) is 39.3 Å². The van der Waals surface area contributed by atoms with Gasteiger partial charge in [-0.25, -0.2) is 9.78 Å². The van der Waals surface area contributed by atoms with E-state index in [9.17, 15) is 4.79 Å². The van der Waals surface area contributed by atoms with E-state index in [4.69, 9.17) is 15.5 Å². The molecule has 0 aliphatic carbocycles. The second-order valence-corrected chi connectivity index (χ2v) is 8.53. The van der Waals surface area contributed by atoms with E-state index in [0.717, 1.165) is 36.0 Å². The van der Waals surface area contributed by atoms with Gasteiger partial charge in [0.25, 0.3) is 0 Å². The highest BCUT2D eigenvalue weighted by atomic mass is 32.1. The molecule has 0 saturated carbocycles. The molecule has 0 atom stereocenters. The molecule has 3 heterocycles. The number of nitrogens with zero attached hydrogens (tertiary/aromatic N) is 4. The Balaban J connectivity index is 1.56. The highest BCUT2D eigenvalue weighted by Gasteiger charge is 2.26. The van der Waals surface area contributed by atoms with Gasteiger partial charge in [0, 0.05) is 62.1 Å². The average molecular weight is 378 g/mol. The van der Waals surface area contributed by atoms with E-state index >= 15 is 0 Å². The summed E-state index contributed by atoms with van der Waals surface area (Å²) in [6.45, 7) is 13.2. The van der Waals surface area contributed by atoms with Crippen LogP contribution in [0.15, 0.2) is 23.9 Å². The molecule has 3 rings (SSSR count). The van der Waals surface area contributed by atoms with Crippen LogP contribution in [0.4, 0.5) is 4.79 Å². The zero-order valence-corrected chi connectivity index (χ0v) is 16.5. The number of ether oxygens (including phenoxy) is 1. The lowest BCUT2D eigenvalue weighted by Gasteiger charge is -2.35. The van der Waals surface area contributed by atoms with Crippen LogP contribution < -0.4 is 5.73 Å². The van der Waals surface area contributed by atoms with E-state index in [2.05, 4.69) is 27.5 Å². The van der Waals surface area contributed by atoms with Gasteiger partial charge in [0.1, 0.15) is 5.60 Å². The highest BCUT2D eigenvalue weighted by Crippen LogP contribution is 2.19. The molecule has 2 aromatic rings. The molecule has 8 heteroatoms. The number of piperazine rings is 1. The van der Waals surface area contributed by atoms with Crippen LogP contribution in [0.3, 0.4) is 0 Å². The Hall–Kier alpha value is -2.06. The topological polar surface area (TPSA) is 76.1 Å². The normalized spacial score (nSPS) is 16.2. The largest absolute Gasteiger partial charge is 0.444 e. The number of hydrogen-bond acceptors (Lipinski definition) is 6. The van der Waals surface area contributed by atoms with Gasteiger partial charge in [-0.2, -0.15) is 0 Å². The number of thiazole rings is 1. The zero-order chi connectivity index (χ0) is 18.9. The van der Waals surface area contributed by atoms with Gasteiger partial charge in [0.05, 0.1) is 5.69 Å². The Labute approximate surface area is 158 Å². The third-order valence-corrected chi connectivity index (χ3v) is 5.04. The predicted molar refractivity (Wildman–Crippen MR) is 103 cm³/mol. The van der Waals surface area contributed by atoms with Crippen molar-refractivity contribution in [3.8, 4) is 0 Å². The van der Waals surface area contributed by atoms with Gasteiger partial charge in [-0.05, 0) is 20.8 Å². The van der Waals surface area contributed by atoms with Crippen LogP contribution in [0.2, 0.25) is 0 Å². The standard InChI is InChI=1S/C18H27N5O2S/c1-13(19)9-15-12-26-16-20-14(11-23(15)16)10-21-5-7-22(8-6-21)17(24)25-18(2,3)4/h11-12H,1,5-10,19H2,2-4H3. The van der Waals surface area contributed by atoms with E-state index in [-0.39, 0.29) is 6.09 Å². The summed E-state index contributed by atoms with van der Waals surface area (Å²) in [5.41, 5.74) is 8.08. The first-order valence-corrected chi connectivity index (χ1v) is 9.67. The summed E-state index contributed by atoms with van der Waals surface area (Å²) in [6, 6.07) is 0. The first kappa shape index (κ1) is 18.7. The Kier molecular flexibility index (Phi) is 5.24. The first-order chi connectivity index (χ1) is 12.2. The molecule has 26 heavy (non-hydrogen) atoms. The van der Waals surface area contributed by atoms with Gasteiger partial charge in [-0.1, -0.05) is 6.58 Å². The van der Waals surface area contributed by atoms with Crippen LogP contribution in [-0.2, 0) is 17.7 Å². The van der Waals surface area contributed by atoms with E-state index in [1.54, 1.807) is 16.2 Å². The smallest absolute Gasteiger partial charge is 0.410 e. The lowest BCUT2D eigenvalue weighted by molar-refractivity contribution is 0.0138. The van der Waals surface area contributed by atoms with Crippen molar-refractivity contribution in [3.05, 3.63) is 35.2 Å². The molecular weight excluding hydrogens is 350 g/mol. The minimum atomic E-state index is -0.455. The lowest BCUT2D eigenvalue weighted by Crippen LogP contribution is -2.49. The molecule has 1 aliphatic heterocycles. The number of carbonyl (C=O) groups excluding carboxylic acids is 1. The first-order valence-electron chi connectivity index (χ1n) is 8.79. The number of allylic oxidation sites excluding steroid dienone is 1. The molecular formula is C18H27N5O2S. The number of amides is 1. The number of hydrogen-bond donors (Lipinski definition) is 1. The third kappa shape index (κ3) is 4.56. The van der Waals surface area contributed by atoms with Crippen LogP contribution in [0.25, 0.3) is 4.96 Å². The monoisotopic (exact) mass is 377 g/mol. The van der Waals surface area contributed by atoms with Crippen LogP contribution in [-0.4, -0.2) is 57.1 Å². The second-order valence-electron chi connectivity index (χ2n) is 7.69. The molecule has 1 fully saturated rings. The molecule has 0 bridgehead atoms. The average Bonchev–Trinajstić information content (AvgIpc) is 3.07. The minimum Gasteiger partial charge on any atom is -0.444 e. The number of carbonyl (C=O) groups is 1. The fraction of sp³-hybridized carbons (Fsp3) is 0.556. The molecule has 0 spiro atoms. The maximum atomic E-state index is 12.1. The SMILES string of the molecule is C=C(N)Cc1csc2nc(CN3CCN(C(=O)OC(C)(C)C)CC3)cn12. The molecule has 142 valence electrons. The number of rotatable bonds is 4. The molecule has 2 N–H and O–H groups in total. The molecule has 7 nitrogen and oxygen atoms in total. The molecule has 0 aromatic carbocycles. The fourth-order valence-corrected chi connectivity index (χ4v) is 3.85. The lowest BCUT2D eigenvalue weighted by atomic mass is 10.2. The Morgan fingerprint density at radius 1 is 1.35 bits per heavy atom. The number of nitrogens with two attached hydrogens (primary N) is 1. The summed E-state index contributed by atoms with van der Waals surface area (Å²) in [6.07, 6.45) is 2.50. The number of fused-ring (bicyclic) bond motifs is 1. The number of aromatic nitrogens is 2. The molecule has 1 amide bonds. The Morgan fingerprint density at radius 2 is 2.04 bits per heavy atom. The second kappa shape index (κ2) is 7.28. The molecule has 0 unspecified atom stereocenters. The van der Waals surface area contributed by atoms with E-state index in [1.807, 2.05) is 20.8 Å². The van der Waals surface area contributed by atoms with Crippen molar-refractivity contribution >= 4 is 22.4 Å². The van der Waals surface area contributed by atoms with Gasteiger partial charge in [-0.15, -0.1) is 11.3 Å². The van der Waals surface area contributed by atoms with Gasteiger partial charge < -0.3 is 15.4 Å². The van der Waals surface area contributed by atoms with Gasteiger partial charge in [0.2, 0.25) is 0 Å². The molecule has 1 saturated heterocycles. The third-order valence-electron chi connectivity index (χ3n) is 4.15. The Morgan fingerprint density at radius 3 is 2.65 bits per heavy atom. The van der Waals surface area contributed by atoms with Crippen LogP contribution in [0, 0.1) is 0 Å². The summed E-state index contributed by atoms with van der Waals surface area (Å²) in [7, 11) is 0. The maximum Gasteiger partial charge on any atom is 0.410 e. The van der Waals surface area contributed by atoms with Crippen molar-refractivity contribution in [1.29, 1.82) is 0 Å². The van der Waals surface area contributed by atoms with Crippen molar-refractivity contribution in [3.63, 3.8) is 0 Å². The fourth-order valence-electron chi connectivity index (χ4n) is 2.96. The maximum absolute atomic E-state index is 12.1.